The average molecular weight is 596 g/mol. The van der Waals surface area contributed by atoms with Crippen molar-refractivity contribution < 1.29 is 28.7 Å². The number of aromatic nitrogens is 1. The number of thioether (sulfide) groups is 1. The number of amides is 3. The fourth-order valence-corrected chi connectivity index (χ4v) is 9.33. The minimum absolute atomic E-state index is 0.00307. The van der Waals surface area contributed by atoms with E-state index in [-0.39, 0.29) is 41.3 Å². The van der Waals surface area contributed by atoms with Crippen LogP contribution in [0.5, 0.6) is 0 Å². The molecule has 1 unspecified atom stereocenters. The maximum atomic E-state index is 13.4. The Kier molecular flexibility index (Phi) is 7.52. The molecule has 0 radical (unpaired) electrons. The Balaban J connectivity index is 1.13. The van der Waals surface area contributed by atoms with Crippen molar-refractivity contribution in [1.82, 2.24) is 9.88 Å². The van der Waals surface area contributed by atoms with E-state index in [0.717, 1.165) is 24.2 Å². The van der Waals surface area contributed by atoms with Crippen LogP contribution in [-0.2, 0) is 20.1 Å². The van der Waals surface area contributed by atoms with Crippen LogP contribution in [0.3, 0.4) is 0 Å². The predicted molar refractivity (Wildman–Crippen MR) is 152 cm³/mol. The monoisotopic (exact) mass is 595 g/mol. The summed E-state index contributed by atoms with van der Waals surface area (Å²) in [5.41, 5.74) is 6.31. The third-order valence-corrected chi connectivity index (χ3v) is 11.0. The molecule has 4 saturated carbocycles. The van der Waals surface area contributed by atoms with E-state index in [1.807, 2.05) is 5.38 Å². The second-order valence-corrected chi connectivity index (χ2v) is 13.8. The first-order chi connectivity index (χ1) is 19.7. The van der Waals surface area contributed by atoms with Gasteiger partial charge >= 0.3 is 5.97 Å². The molecule has 41 heavy (non-hydrogen) atoms. The minimum Gasteiger partial charge on any atom is -0.454 e. The molecule has 4 bridgehead atoms. The number of rotatable bonds is 11. The van der Waals surface area contributed by atoms with Crippen molar-refractivity contribution in [3.8, 4) is 0 Å². The van der Waals surface area contributed by atoms with Crippen LogP contribution in [0.4, 0.5) is 0 Å². The highest BCUT2D eigenvalue weighted by molar-refractivity contribution is 7.98. The summed E-state index contributed by atoms with van der Waals surface area (Å²) in [6.45, 7) is 1.71. The van der Waals surface area contributed by atoms with Crippen LogP contribution in [0.15, 0.2) is 28.5 Å². The molecule has 216 valence electrons. The Bertz CT molecular complexity index is 1400. The zero-order chi connectivity index (χ0) is 28.9. The quantitative estimate of drug-likeness (QED) is 0.223. The zero-order valence-electron chi connectivity index (χ0n) is 22.9. The van der Waals surface area contributed by atoms with Crippen molar-refractivity contribution in [3.05, 3.63) is 45.4 Å². The molecule has 1 aliphatic heterocycles. The predicted octanol–water partition coefficient (Wildman–Crippen LogP) is 4.77. The molecule has 4 aliphatic carbocycles. The van der Waals surface area contributed by atoms with Crippen LogP contribution in [0, 0.1) is 17.8 Å². The minimum atomic E-state index is -1.20. The number of carbonyl (C=O) groups is 5. The molecule has 2 heterocycles. The lowest BCUT2D eigenvalue weighted by atomic mass is 9.54. The Hall–Kier alpha value is -3.05. The number of hydrogen-bond donors (Lipinski definition) is 1. The third-order valence-electron chi connectivity index (χ3n) is 9.03. The molecule has 1 aromatic heterocycles. The standard InChI is InChI=1S/C30H33N3O6S2/c1-2-20(34)6-7-22(25(31)35)33-27(36)21-4-3-5-23(24(21)28(33)37)40-14-19-15-41-26(32-19)29(38)39-30-11-16-8-17(12-30)10-18(9-16)13-30/h3-5,15-18,22H,2,6-14H2,1H3,(H2,31,35). The zero-order valence-corrected chi connectivity index (χ0v) is 24.6. The van der Waals surface area contributed by atoms with Gasteiger partial charge in [0.25, 0.3) is 11.8 Å². The number of thiazole rings is 1. The summed E-state index contributed by atoms with van der Waals surface area (Å²) in [4.78, 5) is 69.7. The summed E-state index contributed by atoms with van der Waals surface area (Å²) in [6.07, 6.45) is 7.05. The van der Waals surface area contributed by atoms with E-state index in [2.05, 4.69) is 4.98 Å². The van der Waals surface area contributed by atoms with Crippen LogP contribution in [0.1, 0.15) is 101 Å². The van der Waals surface area contributed by atoms with E-state index in [1.165, 1.54) is 42.4 Å². The summed E-state index contributed by atoms with van der Waals surface area (Å²) in [7, 11) is 0. The smallest absolute Gasteiger partial charge is 0.367 e. The molecule has 5 aliphatic rings. The van der Waals surface area contributed by atoms with Crippen molar-refractivity contribution in [2.24, 2.45) is 23.5 Å². The first kappa shape index (κ1) is 28.1. The van der Waals surface area contributed by atoms with Crippen molar-refractivity contribution in [1.29, 1.82) is 0 Å². The Morgan fingerprint density at radius 3 is 2.44 bits per heavy atom. The molecule has 2 N–H and O–H groups in total. The molecule has 7 rings (SSSR count). The number of nitrogens with zero attached hydrogens (tertiary/aromatic N) is 2. The van der Waals surface area contributed by atoms with Crippen LogP contribution in [-0.4, -0.2) is 51.0 Å². The molecule has 2 aromatic rings. The third kappa shape index (κ3) is 5.34. The van der Waals surface area contributed by atoms with E-state index < -0.39 is 23.8 Å². The van der Waals surface area contributed by atoms with E-state index in [1.54, 1.807) is 25.1 Å². The molecule has 0 saturated heterocycles. The van der Waals surface area contributed by atoms with Gasteiger partial charge in [0.05, 0.1) is 16.8 Å². The average Bonchev–Trinajstić information content (AvgIpc) is 3.50. The molecule has 3 amide bonds. The second kappa shape index (κ2) is 11.0. The van der Waals surface area contributed by atoms with E-state index >= 15 is 0 Å². The summed E-state index contributed by atoms with van der Waals surface area (Å²) < 4.78 is 6.15. The summed E-state index contributed by atoms with van der Waals surface area (Å²) in [5.74, 6) is -0.0514. The number of primary amides is 1. The van der Waals surface area contributed by atoms with Gasteiger partial charge < -0.3 is 10.5 Å². The van der Waals surface area contributed by atoms with Crippen LogP contribution >= 0.6 is 23.1 Å². The van der Waals surface area contributed by atoms with Crippen molar-refractivity contribution >= 4 is 52.6 Å². The Morgan fingerprint density at radius 2 is 1.80 bits per heavy atom. The van der Waals surface area contributed by atoms with Gasteiger partial charge in [-0.2, -0.15) is 0 Å². The number of esters is 1. The van der Waals surface area contributed by atoms with Crippen molar-refractivity contribution in [2.75, 3.05) is 0 Å². The molecule has 4 fully saturated rings. The van der Waals surface area contributed by atoms with Crippen LogP contribution in [0.2, 0.25) is 0 Å². The number of carbonyl (C=O) groups excluding carboxylic acids is 5. The van der Waals surface area contributed by atoms with Crippen molar-refractivity contribution in [3.63, 3.8) is 0 Å². The van der Waals surface area contributed by atoms with Gasteiger partial charge in [-0.15, -0.1) is 23.1 Å². The van der Waals surface area contributed by atoms with Gasteiger partial charge in [0.15, 0.2) is 0 Å². The van der Waals surface area contributed by atoms with Gasteiger partial charge in [0.2, 0.25) is 10.9 Å². The summed E-state index contributed by atoms with van der Waals surface area (Å²) in [5, 5.41) is 2.15. The molecule has 11 heteroatoms. The van der Waals surface area contributed by atoms with Crippen LogP contribution < -0.4 is 5.73 Å². The fourth-order valence-electron chi connectivity index (χ4n) is 7.56. The number of ketones is 1. The summed E-state index contributed by atoms with van der Waals surface area (Å²) >= 11 is 2.59. The van der Waals surface area contributed by atoms with Crippen molar-refractivity contribution in [2.45, 2.75) is 87.0 Å². The molecule has 1 atom stereocenters. The van der Waals surface area contributed by atoms with Gasteiger partial charge in [-0.25, -0.2) is 9.78 Å². The lowest BCUT2D eigenvalue weighted by molar-refractivity contribution is -0.131. The molecule has 1 aromatic carbocycles. The highest BCUT2D eigenvalue weighted by Gasteiger charge is 2.53. The largest absolute Gasteiger partial charge is 0.454 e. The second-order valence-electron chi connectivity index (χ2n) is 11.9. The van der Waals surface area contributed by atoms with Gasteiger partial charge in [0.1, 0.15) is 17.4 Å². The van der Waals surface area contributed by atoms with E-state index in [0.29, 0.717) is 45.5 Å². The van der Waals surface area contributed by atoms with Gasteiger partial charge in [-0.3, -0.25) is 24.1 Å². The molecule has 0 spiro atoms. The number of ether oxygens (including phenoxy) is 1. The fraction of sp³-hybridized carbons (Fsp3) is 0.533. The van der Waals surface area contributed by atoms with Gasteiger partial charge in [-0.05, 0) is 74.8 Å². The van der Waals surface area contributed by atoms with E-state index in [9.17, 15) is 24.0 Å². The first-order valence-corrected chi connectivity index (χ1v) is 16.2. The maximum Gasteiger partial charge on any atom is 0.367 e. The molecular formula is C30H33N3O6S2. The normalized spacial score (nSPS) is 26.8. The number of benzene rings is 1. The highest BCUT2D eigenvalue weighted by atomic mass is 32.2. The van der Waals surface area contributed by atoms with Gasteiger partial charge in [0, 0.05) is 28.9 Å². The summed E-state index contributed by atoms with van der Waals surface area (Å²) in [6, 6.07) is 3.78. The maximum absolute atomic E-state index is 13.4. The number of imide groups is 1. The SMILES string of the molecule is CCC(=O)CCC(C(N)=O)N1C(=O)c2cccc(SCc3csc(C(=O)OC45CC6CC(CC(C6)C4)C5)n3)c2C1=O. The Morgan fingerprint density at radius 1 is 1.12 bits per heavy atom. The first-order valence-electron chi connectivity index (χ1n) is 14.3. The van der Waals surface area contributed by atoms with Crippen LogP contribution in [0.25, 0.3) is 0 Å². The molecule has 9 nitrogen and oxygen atoms in total. The lowest BCUT2D eigenvalue weighted by Gasteiger charge is -2.55. The number of Topliss-reactive ketones (excluding diaryl/α,β-unsaturated/α-hetero) is 1. The molecular weight excluding hydrogens is 562 g/mol. The lowest BCUT2D eigenvalue weighted by Crippen LogP contribution is -2.52. The number of hydrogen-bond acceptors (Lipinski definition) is 9. The number of nitrogens with two attached hydrogens (primary N) is 1. The number of fused-ring (bicyclic) bond motifs is 1. The van der Waals surface area contributed by atoms with E-state index in [4.69, 9.17) is 10.5 Å². The highest BCUT2D eigenvalue weighted by Crippen LogP contribution is 2.57. The van der Waals surface area contributed by atoms with Gasteiger partial charge in [-0.1, -0.05) is 13.0 Å². The Labute approximate surface area is 246 Å². The topological polar surface area (TPSA) is 137 Å².